The van der Waals surface area contributed by atoms with E-state index in [2.05, 4.69) is 15.5 Å². The summed E-state index contributed by atoms with van der Waals surface area (Å²) in [4.78, 5) is 13.0. The summed E-state index contributed by atoms with van der Waals surface area (Å²) >= 11 is 2.90. The van der Waals surface area contributed by atoms with E-state index in [1.807, 2.05) is 31.2 Å². The van der Waals surface area contributed by atoms with Crippen LogP contribution in [0, 0.1) is 6.92 Å². The summed E-state index contributed by atoms with van der Waals surface area (Å²) in [6, 6.07) is 8.12. The summed E-state index contributed by atoms with van der Waals surface area (Å²) in [6.07, 6.45) is 2.08. The fourth-order valence-electron chi connectivity index (χ4n) is 2.13. The number of carbonyl (C=O) groups excluding carboxylic acids is 1. The quantitative estimate of drug-likeness (QED) is 0.848. The van der Waals surface area contributed by atoms with Gasteiger partial charge in [-0.2, -0.15) is 0 Å². The molecule has 2 heterocycles. The fraction of sp³-hybridized carbons (Fsp3) is 0.400. The van der Waals surface area contributed by atoms with Crippen molar-refractivity contribution in [1.29, 1.82) is 0 Å². The van der Waals surface area contributed by atoms with Crippen LogP contribution in [0.4, 0.5) is 5.13 Å². The molecule has 0 unspecified atom stereocenters. The van der Waals surface area contributed by atoms with Crippen LogP contribution in [0.1, 0.15) is 29.5 Å². The maximum absolute atomic E-state index is 12.0. The van der Waals surface area contributed by atoms with Crippen molar-refractivity contribution in [2.24, 2.45) is 0 Å². The molecular weight excluding hydrogens is 318 g/mol. The van der Waals surface area contributed by atoms with Crippen molar-refractivity contribution in [3.8, 4) is 0 Å². The third kappa shape index (κ3) is 4.06. The zero-order valence-corrected chi connectivity index (χ0v) is 13.9. The van der Waals surface area contributed by atoms with Gasteiger partial charge in [0.25, 0.3) is 0 Å². The normalized spacial score (nSPS) is 17.6. The van der Waals surface area contributed by atoms with Crippen LogP contribution in [0.15, 0.2) is 29.2 Å². The van der Waals surface area contributed by atoms with Gasteiger partial charge in [-0.1, -0.05) is 29.0 Å². The van der Waals surface area contributed by atoms with Crippen LogP contribution in [0.5, 0.6) is 0 Å². The molecular formula is C15H17N3O2S2. The zero-order valence-electron chi connectivity index (χ0n) is 12.2. The molecule has 5 nitrogen and oxygen atoms in total. The van der Waals surface area contributed by atoms with E-state index in [4.69, 9.17) is 4.74 Å². The second-order valence-electron chi connectivity index (χ2n) is 5.10. The topological polar surface area (TPSA) is 64.1 Å². The first-order valence-electron chi connectivity index (χ1n) is 7.15. The molecule has 1 aromatic heterocycles. The van der Waals surface area contributed by atoms with Crippen molar-refractivity contribution in [3.05, 3.63) is 34.8 Å². The van der Waals surface area contributed by atoms with E-state index >= 15 is 0 Å². The van der Waals surface area contributed by atoms with Gasteiger partial charge in [0.15, 0.2) is 0 Å². The van der Waals surface area contributed by atoms with Crippen molar-refractivity contribution in [2.75, 3.05) is 17.7 Å². The summed E-state index contributed by atoms with van der Waals surface area (Å²) in [6.45, 7) is 2.82. The van der Waals surface area contributed by atoms with Crippen molar-refractivity contribution < 1.29 is 9.53 Å². The highest BCUT2D eigenvalue weighted by Crippen LogP contribution is 2.31. The maximum Gasteiger partial charge on any atom is 0.236 e. The van der Waals surface area contributed by atoms with Gasteiger partial charge in [-0.25, -0.2) is 0 Å². The molecule has 1 aromatic carbocycles. The molecule has 7 heteroatoms. The lowest BCUT2D eigenvalue weighted by atomic mass is 10.2. The van der Waals surface area contributed by atoms with Crippen molar-refractivity contribution in [2.45, 2.75) is 30.8 Å². The molecule has 0 aliphatic carbocycles. The Kier molecular flexibility index (Phi) is 5.07. The summed E-state index contributed by atoms with van der Waals surface area (Å²) in [7, 11) is 0. The van der Waals surface area contributed by atoms with E-state index in [9.17, 15) is 4.79 Å². The number of anilines is 1. The summed E-state index contributed by atoms with van der Waals surface area (Å²) in [5.74, 6) is 0.290. The lowest BCUT2D eigenvalue weighted by molar-refractivity contribution is -0.113. The zero-order chi connectivity index (χ0) is 15.4. The number of hydrogen-bond acceptors (Lipinski definition) is 6. The first-order chi connectivity index (χ1) is 10.7. The van der Waals surface area contributed by atoms with Crippen LogP contribution in [-0.2, 0) is 9.53 Å². The third-order valence-electron chi connectivity index (χ3n) is 3.28. The first kappa shape index (κ1) is 15.5. The second kappa shape index (κ2) is 7.21. The molecule has 2 aromatic rings. The van der Waals surface area contributed by atoms with Crippen LogP contribution in [-0.4, -0.2) is 28.5 Å². The number of thioether (sulfide) groups is 1. The summed E-state index contributed by atoms with van der Waals surface area (Å²) in [5.41, 5.74) is 1.21. The molecule has 22 heavy (non-hydrogen) atoms. The number of nitrogens with zero attached hydrogens (tertiary/aromatic N) is 2. The largest absolute Gasteiger partial charge is 0.371 e. The number of carbonyl (C=O) groups is 1. The van der Waals surface area contributed by atoms with Crippen molar-refractivity contribution >= 4 is 34.1 Å². The van der Waals surface area contributed by atoms with Crippen LogP contribution < -0.4 is 5.32 Å². The average Bonchev–Trinajstić information content (AvgIpc) is 3.17. The molecule has 1 fully saturated rings. The molecule has 1 atom stereocenters. The molecule has 1 aliphatic rings. The van der Waals surface area contributed by atoms with Crippen LogP contribution >= 0.6 is 23.1 Å². The Morgan fingerprint density at radius 2 is 2.23 bits per heavy atom. The van der Waals surface area contributed by atoms with Crippen LogP contribution in [0.2, 0.25) is 0 Å². The minimum absolute atomic E-state index is 0.0464. The Bertz CT molecular complexity index is 636. The molecule has 3 rings (SSSR count). The van der Waals surface area contributed by atoms with Gasteiger partial charge in [0.2, 0.25) is 11.0 Å². The monoisotopic (exact) mass is 335 g/mol. The Morgan fingerprint density at radius 3 is 2.95 bits per heavy atom. The van der Waals surface area contributed by atoms with Crippen molar-refractivity contribution in [1.82, 2.24) is 10.2 Å². The Labute approximate surface area is 137 Å². The summed E-state index contributed by atoms with van der Waals surface area (Å²) < 4.78 is 5.56. The SMILES string of the molecule is Cc1ccc(SCC(=O)Nc2nnc([C@H]3CCCO3)s2)cc1. The molecule has 1 aliphatic heterocycles. The van der Waals surface area contributed by atoms with E-state index in [1.54, 1.807) is 0 Å². The second-order valence-corrected chi connectivity index (χ2v) is 7.15. The Balaban J connectivity index is 1.50. The highest BCUT2D eigenvalue weighted by Gasteiger charge is 2.22. The highest BCUT2D eigenvalue weighted by atomic mass is 32.2. The standard InChI is InChI=1S/C15H17N3O2S2/c1-10-4-6-11(7-5-10)21-9-13(19)16-15-18-17-14(22-15)12-3-2-8-20-12/h4-7,12H,2-3,8-9H2,1H3,(H,16,18,19)/t12-/m1/s1. The molecule has 1 amide bonds. The maximum atomic E-state index is 12.0. The number of amides is 1. The predicted molar refractivity (Wildman–Crippen MR) is 88.4 cm³/mol. The Hall–Kier alpha value is -1.44. The minimum Gasteiger partial charge on any atom is -0.371 e. The van der Waals surface area contributed by atoms with E-state index in [1.165, 1.54) is 28.7 Å². The van der Waals surface area contributed by atoms with Crippen LogP contribution in [0.3, 0.4) is 0 Å². The van der Waals surface area contributed by atoms with Crippen molar-refractivity contribution in [3.63, 3.8) is 0 Å². The molecule has 1 N–H and O–H groups in total. The lowest BCUT2D eigenvalue weighted by Gasteiger charge is -2.03. The van der Waals surface area contributed by atoms with Gasteiger partial charge in [0.05, 0.1) is 5.75 Å². The third-order valence-corrected chi connectivity index (χ3v) is 5.23. The van der Waals surface area contributed by atoms with Gasteiger partial charge in [-0.15, -0.1) is 22.0 Å². The number of hydrogen-bond donors (Lipinski definition) is 1. The highest BCUT2D eigenvalue weighted by molar-refractivity contribution is 8.00. The number of rotatable bonds is 5. The van der Waals surface area contributed by atoms with Gasteiger partial charge < -0.3 is 4.74 Å². The minimum atomic E-state index is -0.0689. The Morgan fingerprint density at radius 1 is 1.41 bits per heavy atom. The molecule has 0 spiro atoms. The van der Waals surface area contributed by atoms with E-state index in [-0.39, 0.29) is 12.0 Å². The molecule has 0 saturated carbocycles. The van der Waals surface area contributed by atoms with Crippen LogP contribution in [0.25, 0.3) is 0 Å². The number of aryl methyl sites for hydroxylation is 1. The molecule has 0 radical (unpaired) electrons. The molecule has 116 valence electrons. The lowest BCUT2D eigenvalue weighted by Crippen LogP contribution is -2.13. The number of aromatic nitrogens is 2. The predicted octanol–water partition coefficient (Wildman–Crippen LogP) is 3.43. The smallest absolute Gasteiger partial charge is 0.236 e. The summed E-state index contributed by atoms with van der Waals surface area (Å²) in [5, 5.41) is 12.3. The molecule has 1 saturated heterocycles. The van der Waals surface area contributed by atoms with Gasteiger partial charge >= 0.3 is 0 Å². The number of benzene rings is 1. The average molecular weight is 335 g/mol. The first-order valence-corrected chi connectivity index (χ1v) is 8.95. The number of nitrogens with one attached hydrogen (secondary N) is 1. The van der Waals surface area contributed by atoms with E-state index < -0.39 is 0 Å². The fourth-order valence-corrected chi connectivity index (χ4v) is 3.67. The van der Waals surface area contributed by atoms with Gasteiger partial charge in [-0.3, -0.25) is 10.1 Å². The van der Waals surface area contributed by atoms with Gasteiger partial charge in [-0.05, 0) is 31.9 Å². The van der Waals surface area contributed by atoms with E-state index in [0.717, 1.165) is 29.4 Å². The van der Waals surface area contributed by atoms with Gasteiger partial charge in [0, 0.05) is 11.5 Å². The van der Waals surface area contributed by atoms with Gasteiger partial charge in [0.1, 0.15) is 11.1 Å². The number of ether oxygens (including phenoxy) is 1. The van der Waals surface area contributed by atoms with E-state index in [0.29, 0.717) is 10.9 Å². The molecule has 0 bridgehead atoms.